The summed E-state index contributed by atoms with van der Waals surface area (Å²) in [5, 5.41) is 0. The molecule has 0 aliphatic carbocycles. The Morgan fingerprint density at radius 3 is 2.86 bits per heavy atom. The van der Waals surface area contributed by atoms with Crippen molar-refractivity contribution in [3.8, 4) is 5.75 Å². The van der Waals surface area contributed by atoms with Gasteiger partial charge in [-0.15, -0.1) is 0 Å². The summed E-state index contributed by atoms with van der Waals surface area (Å²) in [5.41, 5.74) is 5.70. The van der Waals surface area contributed by atoms with Crippen LogP contribution in [0.4, 0.5) is 11.6 Å². The highest BCUT2D eigenvalue weighted by Gasteiger charge is 2.40. The van der Waals surface area contributed by atoms with Crippen molar-refractivity contribution in [1.82, 2.24) is 4.98 Å². The normalized spacial score (nSPS) is 18.4. The third-order valence-electron chi connectivity index (χ3n) is 3.40. The Kier molecular flexibility index (Phi) is 4.85. The van der Waals surface area contributed by atoms with Gasteiger partial charge in [0.1, 0.15) is 11.9 Å². The molecule has 2 heterocycles. The Bertz CT molecular complexity index is 576. The van der Waals surface area contributed by atoms with E-state index in [1.54, 1.807) is 19.1 Å². The molecule has 0 fully saturated rings. The molecule has 1 aromatic rings. The fourth-order valence-electron chi connectivity index (χ4n) is 2.31. The van der Waals surface area contributed by atoms with Crippen LogP contribution in [-0.4, -0.2) is 35.6 Å². The molecule has 0 saturated carbocycles. The first-order valence-corrected chi connectivity index (χ1v) is 7.42. The smallest absolute Gasteiger partial charge is 0.329 e. The monoisotopic (exact) mass is 307 g/mol. The van der Waals surface area contributed by atoms with Gasteiger partial charge in [-0.05, 0) is 31.9 Å². The summed E-state index contributed by atoms with van der Waals surface area (Å²) < 4.78 is 10.7. The van der Waals surface area contributed by atoms with Gasteiger partial charge in [-0.3, -0.25) is 9.69 Å². The van der Waals surface area contributed by atoms with Gasteiger partial charge in [-0.25, -0.2) is 9.78 Å². The van der Waals surface area contributed by atoms with Gasteiger partial charge < -0.3 is 15.2 Å². The Morgan fingerprint density at radius 1 is 1.50 bits per heavy atom. The third kappa shape index (κ3) is 2.98. The van der Waals surface area contributed by atoms with Crippen LogP contribution in [0.1, 0.15) is 33.6 Å². The second-order valence-corrected chi connectivity index (χ2v) is 5.12. The standard InChI is InChI=1S/C15H21N3O4/c1-4-8-21-15(20)10(5-2)18-13-11(6-7-12(16)17-13)22-9(3)14(18)19/h6-7,9-10H,4-5,8H2,1-3H3,(H2,16,17). The fraction of sp³-hybridized carbons (Fsp3) is 0.533. The molecule has 22 heavy (non-hydrogen) atoms. The van der Waals surface area contributed by atoms with E-state index < -0.39 is 18.1 Å². The molecule has 0 saturated heterocycles. The average Bonchev–Trinajstić information content (AvgIpc) is 2.50. The van der Waals surface area contributed by atoms with Gasteiger partial charge in [-0.1, -0.05) is 13.8 Å². The topological polar surface area (TPSA) is 94.8 Å². The van der Waals surface area contributed by atoms with Gasteiger partial charge in [-0.2, -0.15) is 0 Å². The summed E-state index contributed by atoms with van der Waals surface area (Å²) in [6.45, 7) is 5.68. The van der Waals surface area contributed by atoms with Crippen LogP contribution < -0.4 is 15.4 Å². The lowest BCUT2D eigenvalue weighted by molar-refractivity contribution is -0.147. The molecular formula is C15H21N3O4. The lowest BCUT2D eigenvalue weighted by Gasteiger charge is -2.35. The van der Waals surface area contributed by atoms with Crippen LogP contribution in [0.5, 0.6) is 5.75 Å². The summed E-state index contributed by atoms with van der Waals surface area (Å²) >= 11 is 0. The predicted molar refractivity (Wildman–Crippen MR) is 81.6 cm³/mol. The van der Waals surface area contributed by atoms with Crippen LogP contribution in [0, 0.1) is 0 Å². The number of aromatic nitrogens is 1. The van der Waals surface area contributed by atoms with Gasteiger partial charge in [0.15, 0.2) is 17.7 Å². The number of nitrogens with two attached hydrogens (primary N) is 1. The highest BCUT2D eigenvalue weighted by molar-refractivity contribution is 6.03. The van der Waals surface area contributed by atoms with Crippen LogP contribution in [0.15, 0.2) is 12.1 Å². The molecule has 2 rings (SSSR count). The SMILES string of the molecule is CCCOC(=O)C(CC)N1C(=O)C(C)Oc2ccc(N)nc21. The van der Waals surface area contributed by atoms with Crippen molar-refractivity contribution in [1.29, 1.82) is 0 Å². The minimum absolute atomic E-state index is 0.256. The molecule has 7 heteroatoms. The minimum atomic E-state index is -0.738. The lowest BCUT2D eigenvalue weighted by atomic mass is 10.1. The maximum Gasteiger partial charge on any atom is 0.329 e. The molecule has 1 aliphatic rings. The number of nitrogen functional groups attached to an aromatic ring is 1. The Labute approximate surface area is 129 Å². The third-order valence-corrected chi connectivity index (χ3v) is 3.40. The summed E-state index contributed by atoms with van der Waals surface area (Å²) in [7, 11) is 0. The molecule has 1 aromatic heterocycles. The van der Waals surface area contributed by atoms with Crippen molar-refractivity contribution in [2.24, 2.45) is 0 Å². The molecule has 0 radical (unpaired) electrons. The van der Waals surface area contributed by atoms with Crippen molar-refractivity contribution >= 4 is 23.5 Å². The first-order valence-electron chi connectivity index (χ1n) is 7.42. The van der Waals surface area contributed by atoms with Gasteiger partial charge >= 0.3 is 5.97 Å². The molecule has 0 spiro atoms. The van der Waals surface area contributed by atoms with Crippen molar-refractivity contribution < 1.29 is 19.1 Å². The number of esters is 1. The first kappa shape index (κ1) is 16.1. The molecule has 1 aliphatic heterocycles. The van der Waals surface area contributed by atoms with Crippen LogP contribution in [0.3, 0.4) is 0 Å². The zero-order valence-electron chi connectivity index (χ0n) is 13.0. The maximum atomic E-state index is 12.5. The number of hydrogen-bond donors (Lipinski definition) is 1. The molecule has 120 valence electrons. The van der Waals surface area contributed by atoms with E-state index in [0.29, 0.717) is 18.8 Å². The van der Waals surface area contributed by atoms with Crippen LogP contribution in [-0.2, 0) is 14.3 Å². The van der Waals surface area contributed by atoms with Crippen molar-refractivity contribution in [2.75, 3.05) is 17.2 Å². The van der Waals surface area contributed by atoms with E-state index in [2.05, 4.69) is 4.98 Å². The quantitative estimate of drug-likeness (QED) is 0.829. The number of hydrogen-bond acceptors (Lipinski definition) is 6. The molecule has 2 unspecified atom stereocenters. The molecule has 0 aromatic carbocycles. The summed E-state index contributed by atoms with van der Waals surface area (Å²) in [4.78, 5) is 30.3. The Hall–Kier alpha value is -2.31. The number of pyridine rings is 1. The van der Waals surface area contributed by atoms with E-state index in [1.807, 2.05) is 13.8 Å². The zero-order valence-corrected chi connectivity index (χ0v) is 13.0. The summed E-state index contributed by atoms with van der Waals surface area (Å²) in [5.74, 6) is 0.186. The predicted octanol–water partition coefficient (Wildman–Crippen LogP) is 1.51. The van der Waals surface area contributed by atoms with Crippen LogP contribution in [0.25, 0.3) is 0 Å². The van der Waals surface area contributed by atoms with Gasteiger partial charge in [0.05, 0.1) is 6.61 Å². The number of ether oxygens (including phenoxy) is 2. The Morgan fingerprint density at radius 2 is 2.23 bits per heavy atom. The second-order valence-electron chi connectivity index (χ2n) is 5.12. The van der Waals surface area contributed by atoms with E-state index in [-0.39, 0.29) is 17.5 Å². The minimum Gasteiger partial charge on any atom is -0.477 e. The largest absolute Gasteiger partial charge is 0.477 e. The van der Waals surface area contributed by atoms with Crippen molar-refractivity contribution in [3.05, 3.63) is 12.1 Å². The van der Waals surface area contributed by atoms with Gasteiger partial charge in [0, 0.05) is 0 Å². The lowest BCUT2D eigenvalue weighted by Crippen LogP contribution is -2.53. The van der Waals surface area contributed by atoms with Gasteiger partial charge in [0.25, 0.3) is 5.91 Å². The summed E-state index contributed by atoms with van der Waals surface area (Å²) in [6.07, 6.45) is 0.444. The number of anilines is 2. The fourth-order valence-corrected chi connectivity index (χ4v) is 2.31. The van der Waals surface area contributed by atoms with Crippen molar-refractivity contribution in [3.63, 3.8) is 0 Å². The van der Waals surface area contributed by atoms with E-state index in [4.69, 9.17) is 15.2 Å². The number of carbonyl (C=O) groups is 2. The van der Waals surface area contributed by atoms with E-state index in [0.717, 1.165) is 6.42 Å². The molecule has 1 amide bonds. The molecule has 0 bridgehead atoms. The number of amides is 1. The summed E-state index contributed by atoms with van der Waals surface area (Å²) in [6, 6.07) is 2.51. The van der Waals surface area contributed by atoms with Crippen LogP contribution in [0.2, 0.25) is 0 Å². The van der Waals surface area contributed by atoms with E-state index in [1.165, 1.54) is 4.90 Å². The van der Waals surface area contributed by atoms with Crippen LogP contribution >= 0.6 is 0 Å². The molecule has 2 N–H and O–H groups in total. The van der Waals surface area contributed by atoms with Crippen molar-refractivity contribution in [2.45, 2.75) is 45.8 Å². The number of carbonyl (C=O) groups excluding carboxylic acids is 2. The number of nitrogens with zero attached hydrogens (tertiary/aromatic N) is 2. The second kappa shape index (κ2) is 6.64. The van der Waals surface area contributed by atoms with Gasteiger partial charge in [0.2, 0.25) is 0 Å². The van der Waals surface area contributed by atoms with E-state index >= 15 is 0 Å². The average molecular weight is 307 g/mol. The number of fused-ring (bicyclic) bond motifs is 1. The molecule has 2 atom stereocenters. The molecule has 7 nitrogen and oxygen atoms in total. The molecular weight excluding hydrogens is 286 g/mol. The number of rotatable bonds is 5. The Balaban J connectivity index is 2.40. The highest BCUT2D eigenvalue weighted by atomic mass is 16.5. The first-order chi connectivity index (χ1) is 10.5. The highest BCUT2D eigenvalue weighted by Crippen LogP contribution is 2.35. The maximum absolute atomic E-state index is 12.5. The van der Waals surface area contributed by atoms with E-state index in [9.17, 15) is 9.59 Å². The zero-order chi connectivity index (χ0) is 16.3.